The zero-order chi connectivity index (χ0) is 14.7. The molecule has 6 heteroatoms. The Kier molecular flexibility index (Phi) is 4.28. The van der Waals surface area contributed by atoms with Gasteiger partial charge in [0.15, 0.2) is 6.29 Å². The topological polar surface area (TPSA) is 60.5 Å². The molecule has 0 radical (unpaired) electrons. The van der Waals surface area contributed by atoms with Gasteiger partial charge >= 0.3 is 0 Å². The first kappa shape index (κ1) is 14.2. The first-order valence-electron chi connectivity index (χ1n) is 6.49. The Morgan fingerprint density at radius 1 is 1.19 bits per heavy atom. The molecular formula is C15H13BrN2O3. The summed E-state index contributed by atoms with van der Waals surface area (Å²) in [6.07, 6.45) is -0.356. The van der Waals surface area contributed by atoms with Gasteiger partial charge in [-0.1, -0.05) is 18.2 Å². The number of aromatic nitrogens is 1. The van der Waals surface area contributed by atoms with E-state index in [9.17, 15) is 4.79 Å². The standard InChI is InChI=1S/C15H13BrN2O3/c16-13-6-2-5-12(18-13)14(19)17-11-4-1-3-10(9-11)15-20-7-8-21-15/h1-6,9,15H,7-8H2,(H,17,19). The predicted molar refractivity (Wildman–Crippen MR) is 81.0 cm³/mol. The van der Waals surface area contributed by atoms with Crippen LogP contribution in [0.4, 0.5) is 5.69 Å². The molecule has 1 N–H and O–H groups in total. The lowest BCUT2D eigenvalue weighted by molar-refractivity contribution is -0.0440. The number of pyridine rings is 1. The third-order valence-electron chi connectivity index (χ3n) is 2.99. The summed E-state index contributed by atoms with van der Waals surface area (Å²) >= 11 is 3.25. The van der Waals surface area contributed by atoms with Gasteiger partial charge in [-0.05, 0) is 40.2 Å². The number of nitrogens with zero attached hydrogens (tertiary/aromatic N) is 1. The number of hydrogen-bond acceptors (Lipinski definition) is 4. The molecule has 1 aliphatic rings. The molecule has 3 rings (SSSR count). The molecule has 21 heavy (non-hydrogen) atoms. The van der Waals surface area contributed by atoms with Crippen LogP contribution >= 0.6 is 15.9 Å². The fourth-order valence-corrected chi connectivity index (χ4v) is 2.39. The van der Waals surface area contributed by atoms with Crippen molar-refractivity contribution in [3.8, 4) is 0 Å². The maximum Gasteiger partial charge on any atom is 0.274 e. The highest BCUT2D eigenvalue weighted by Crippen LogP contribution is 2.25. The highest BCUT2D eigenvalue weighted by molar-refractivity contribution is 9.10. The largest absolute Gasteiger partial charge is 0.346 e. The van der Waals surface area contributed by atoms with E-state index in [-0.39, 0.29) is 12.2 Å². The summed E-state index contributed by atoms with van der Waals surface area (Å²) in [6.45, 7) is 1.17. The van der Waals surface area contributed by atoms with Gasteiger partial charge in [-0.3, -0.25) is 4.79 Å². The van der Waals surface area contributed by atoms with Gasteiger partial charge in [0, 0.05) is 11.3 Å². The third-order valence-corrected chi connectivity index (χ3v) is 3.43. The van der Waals surface area contributed by atoms with Crippen LogP contribution in [0, 0.1) is 0 Å². The highest BCUT2D eigenvalue weighted by atomic mass is 79.9. The van der Waals surface area contributed by atoms with E-state index < -0.39 is 0 Å². The number of nitrogens with one attached hydrogen (secondary N) is 1. The Labute approximate surface area is 130 Å². The molecule has 0 saturated carbocycles. The molecule has 2 heterocycles. The number of halogens is 1. The SMILES string of the molecule is O=C(Nc1cccc(C2OCCO2)c1)c1cccc(Br)n1. The van der Waals surface area contributed by atoms with E-state index in [4.69, 9.17) is 9.47 Å². The summed E-state index contributed by atoms with van der Waals surface area (Å²) < 4.78 is 11.5. The van der Waals surface area contributed by atoms with E-state index in [1.807, 2.05) is 24.3 Å². The Balaban J connectivity index is 1.75. The zero-order valence-electron chi connectivity index (χ0n) is 11.1. The predicted octanol–water partition coefficient (Wildman–Crippen LogP) is 3.14. The van der Waals surface area contributed by atoms with Crippen LogP contribution in [0.1, 0.15) is 22.3 Å². The van der Waals surface area contributed by atoms with E-state index in [1.165, 1.54) is 0 Å². The summed E-state index contributed by atoms with van der Waals surface area (Å²) in [4.78, 5) is 16.3. The van der Waals surface area contributed by atoms with Crippen LogP contribution in [-0.4, -0.2) is 24.1 Å². The van der Waals surface area contributed by atoms with Crippen LogP contribution in [0.3, 0.4) is 0 Å². The number of carbonyl (C=O) groups is 1. The lowest BCUT2D eigenvalue weighted by Crippen LogP contribution is -2.14. The molecule has 0 spiro atoms. The number of hydrogen-bond donors (Lipinski definition) is 1. The molecule has 1 aromatic heterocycles. The summed E-state index contributed by atoms with van der Waals surface area (Å²) in [5, 5.41) is 2.82. The molecule has 0 aliphatic carbocycles. The van der Waals surface area contributed by atoms with Crippen molar-refractivity contribution in [1.82, 2.24) is 4.98 Å². The Bertz CT molecular complexity index is 657. The average Bonchev–Trinajstić information content (AvgIpc) is 3.02. The van der Waals surface area contributed by atoms with Gasteiger partial charge in [0.1, 0.15) is 10.3 Å². The van der Waals surface area contributed by atoms with E-state index in [1.54, 1.807) is 18.2 Å². The van der Waals surface area contributed by atoms with E-state index in [2.05, 4.69) is 26.2 Å². The third kappa shape index (κ3) is 3.47. The molecule has 0 unspecified atom stereocenters. The summed E-state index contributed by atoms with van der Waals surface area (Å²) in [6, 6.07) is 12.6. The molecule has 1 aliphatic heterocycles. The molecule has 1 fully saturated rings. The van der Waals surface area contributed by atoms with Gasteiger partial charge in [-0.2, -0.15) is 0 Å². The summed E-state index contributed by atoms with van der Waals surface area (Å²) in [7, 11) is 0. The van der Waals surface area contributed by atoms with E-state index in [0.29, 0.717) is 29.2 Å². The van der Waals surface area contributed by atoms with E-state index in [0.717, 1.165) is 5.56 Å². The Morgan fingerprint density at radius 3 is 2.71 bits per heavy atom. The Hall–Kier alpha value is -1.76. The van der Waals surface area contributed by atoms with Crippen molar-refractivity contribution in [2.24, 2.45) is 0 Å². The molecule has 1 aromatic carbocycles. The molecule has 1 saturated heterocycles. The molecule has 108 valence electrons. The van der Waals surface area contributed by atoms with Crippen LogP contribution in [0.25, 0.3) is 0 Å². The second-order valence-corrected chi connectivity index (χ2v) is 5.31. The minimum absolute atomic E-state index is 0.262. The monoisotopic (exact) mass is 348 g/mol. The fraction of sp³-hybridized carbons (Fsp3) is 0.200. The van der Waals surface area contributed by atoms with Crippen molar-refractivity contribution < 1.29 is 14.3 Å². The molecule has 0 atom stereocenters. The molecule has 5 nitrogen and oxygen atoms in total. The van der Waals surface area contributed by atoms with Gasteiger partial charge in [0.25, 0.3) is 5.91 Å². The lowest BCUT2D eigenvalue weighted by atomic mass is 10.2. The maximum absolute atomic E-state index is 12.1. The molecule has 2 aromatic rings. The normalized spacial score (nSPS) is 15.1. The number of benzene rings is 1. The fourth-order valence-electron chi connectivity index (χ4n) is 2.04. The van der Waals surface area contributed by atoms with Gasteiger partial charge in [0.05, 0.1) is 13.2 Å². The van der Waals surface area contributed by atoms with Crippen LogP contribution < -0.4 is 5.32 Å². The van der Waals surface area contributed by atoms with Crippen molar-refractivity contribution in [1.29, 1.82) is 0 Å². The van der Waals surface area contributed by atoms with Crippen LogP contribution in [-0.2, 0) is 9.47 Å². The second-order valence-electron chi connectivity index (χ2n) is 4.50. The van der Waals surface area contributed by atoms with Crippen LogP contribution in [0.5, 0.6) is 0 Å². The van der Waals surface area contributed by atoms with Crippen molar-refractivity contribution in [2.75, 3.05) is 18.5 Å². The van der Waals surface area contributed by atoms with Gasteiger partial charge in [0.2, 0.25) is 0 Å². The number of rotatable bonds is 3. The smallest absolute Gasteiger partial charge is 0.274 e. The average molecular weight is 349 g/mol. The summed E-state index contributed by atoms with van der Waals surface area (Å²) in [5.41, 5.74) is 1.91. The zero-order valence-corrected chi connectivity index (χ0v) is 12.7. The molecule has 1 amide bonds. The van der Waals surface area contributed by atoms with Crippen LogP contribution in [0.2, 0.25) is 0 Å². The minimum Gasteiger partial charge on any atom is -0.346 e. The van der Waals surface area contributed by atoms with Crippen molar-refractivity contribution >= 4 is 27.5 Å². The number of amides is 1. The maximum atomic E-state index is 12.1. The number of anilines is 1. The summed E-state index contributed by atoms with van der Waals surface area (Å²) in [5.74, 6) is -0.262. The molecular weight excluding hydrogens is 336 g/mol. The minimum atomic E-state index is -0.356. The lowest BCUT2D eigenvalue weighted by Gasteiger charge is -2.11. The highest BCUT2D eigenvalue weighted by Gasteiger charge is 2.18. The van der Waals surface area contributed by atoms with Crippen molar-refractivity contribution in [3.63, 3.8) is 0 Å². The van der Waals surface area contributed by atoms with Gasteiger partial charge < -0.3 is 14.8 Å². The van der Waals surface area contributed by atoms with Gasteiger partial charge in [-0.25, -0.2) is 4.98 Å². The quantitative estimate of drug-likeness (QED) is 0.865. The first-order valence-corrected chi connectivity index (χ1v) is 7.29. The number of ether oxygens (including phenoxy) is 2. The van der Waals surface area contributed by atoms with Crippen molar-refractivity contribution in [3.05, 3.63) is 58.3 Å². The van der Waals surface area contributed by atoms with E-state index >= 15 is 0 Å². The van der Waals surface area contributed by atoms with Crippen LogP contribution in [0.15, 0.2) is 47.1 Å². The van der Waals surface area contributed by atoms with Gasteiger partial charge in [-0.15, -0.1) is 0 Å². The van der Waals surface area contributed by atoms with Crippen molar-refractivity contribution in [2.45, 2.75) is 6.29 Å². The molecule has 0 bridgehead atoms. The second kappa shape index (κ2) is 6.34. The number of carbonyl (C=O) groups excluding carboxylic acids is 1. The first-order chi connectivity index (χ1) is 10.2. The Morgan fingerprint density at radius 2 is 1.95 bits per heavy atom.